The number of amides is 3. The second-order valence-corrected chi connectivity index (χ2v) is 7.58. The summed E-state index contributed by atoms with van der Waals surface area (Å²) in [6.45, 7) is 0.869. The summed E-state index contributed by atoms with van der Waals surface area (Å²) in [6, 6.07) is 8.78. The van der Waals surface area contributed by atoms with Crippen LogP contribution in [0.2, 0.25) is 0 Å². The normalized spacial score (nSPS) is 13.4. The molecule has 0 spiro atoms. The molecule has 1 aromatic carbocycles. The summed E-state index contributed by atoms with van der Waals surface area (Å²) >= 11 is 1.33. The number of pyridine rings is 1. The van der Waals surface area contributed by atoms with E-state index in [1.54, 1.807) is 49.7 Å². The van der Waals surface area contributed by atoms with Gasteiger partial charge < -0.3 is 19.7 Å². The maximum absolute atomic E-state index is 12.8. The fourth-order valence-corrected chi connectivity index (χ4v) is 4.01. The van der Waals surface area contributed by atoms with E-state index in [1.807, 2.05) is 17.5 Å². The number of hydrogen-bond acceptors (Lipinski definition) is 7. The van der Waals surface area contributed by atoms with Crippen molar-refractivity contribution in [1.82, 2.24) is 14.9 Å². The summed E-state index contributed by atoms with van der Waals surface area (Å²) in [6.07, 6.45) is 3.41. The van der Waals surface area contributed by atoms with Gasteiger partial charge in [0.15, 0.2) is 16.6 Å². The van der Waals surface area contributed by atoms with E-state index in [0.717, 1.165) is 11.3 Å². The molecule has 4 rings (SSSR count). The number of hydrogen-bond donors (Lipinski definition) is 1. The molecule has 10 heteroatoms. The quantitative estimate of drug-likeness (QED) is 0.608. The molecule has 0 unspecified atom stereocenters. The Kier molecular flexibility index (Phi) is 5.99. The molecule has 0 aliphatic carbocycles. The molecule has 3 heterocycles. The lowest BCUT2D eigenvalue weighted by Gasteiger charge is -2.19. The van der Waals surface area contributed by atoms with Crippen molar-refractivity contribution in [1.29, 1.82) is 0 Å². The molecule has 0 saturated carbocycles. The Labute approximate surface area is 183 Å². The lowest BCUT2D eigenvalue weighted by atomic mass is 10.2. The number of urea groups is 1. The Morgan fingerprint density at radius 3 is 2.77 bits per heavy atom. The van der Waals surface area contributed by atoms with Gasteiger partial charge in [0.2, 0.25) is 5.91 Å². The fourth-order valence-electron chi connectivity index (χ4n) is 3.27. The van der Waals surface area contributed by atoms with Crippen molar-refractivity contribution in [3.8, 4) is 22.8 Å². The predicted octanol–water partition coefficient (Wildman–Crippen LogP) is 3.10. The number of nitrogens with one attached hydrogen (secondary N) is 1. The van der Waals surface area contributed by atoms with E-state index in [-0.39, 0.29) is 18.5 Å². The van der Waals surface area contributed by atoms with Gasteiger partial charge in [0, 0.05) is 48.2 Å². The van der Waals surface area contributed by atoms with Crippen molar-refractivity contribution in [2.45, 2.75) is 0 Å². The first kappa shape index (κ1) is 20.6. The van der Waals surface area contributed by atoms with E-state index >= 15 is 0 Å². The monoisotopic (exact) mass is 439 g/mol. The molecule has 160 valence electrons. The molecule has 31 heavy (non-hydrogen) atoms. The van der Waals surface area contributed by atoms with Gasteiger partial charge >= 0.3 is 6.03 Å². The zero-order chi connectivity index (χ0) is 21.8. The predicted molar refractivity (Wildman–Crippen MR) is 118 cm³/mol. The Bertz CT molecular complexity index is 1090. The van der Waals surface area contributed by atoms with Gasteiger partial charge in [-0.3, -0.25) is 14.7 Å². The number of methoxy groups -OCH3 is 2. The second kappa shape index (κ2) is 9.00. The van der Waals surface area contributed by atoms with E-state index in [0.29, 0.717) is 35.4 Å². The van der Waals surface area contributed by atoms with Crippen LogP contribution in [-0.4, -0.2) is 60.7 Å². The first-order valence-electron chi connectivity index (χ1n) is 9.53. The molecule has 0 radical (unpaired) electrons. The van der Waals surface area contributed by atoms with Gasteiger partial charge in [-0.25, -0.2) is 9.78 Å². The first-order chi connectivity index (χ1) is 15.1. The molecule has 3 amide bonds. The highest BCUT2D eigenvalue weighted by atomic mass is 32.1. The minimum absolute atomic E-state index is 0.0512. The number of anilines is 2. The summed E-state index contributed by atoms with van der Waals surface area (Å²) in [5, 5.41) is 5.10. The van der Waals surface area contributed by atoms with Crippen molar-refractivity contribution < 1.29 is 19.1 Å². The van der Waals surface area contributed by atoms with Crippen LogP contribution >= 0.6 is 11.3 Å². The minimum Gasteiger partial charge on any atom is -0.493 e. The third kappa shape index (κ3) is 4.43. The molecule has 0 atom stereocenters. The zero-order valence-electron chi connectivity index (χ0n) is 17.1. The van der Waals surface area contributed by atoms with Gasteiger partial charge in [-0.05, 0) is 24.3 Å². The molecule has 1 N–H and O–H groups in total. The molecule has 2 aromatic heterocycles. The van der Waals surface area contributed by atoms with E-state index in [4.69, 9.17) is 9.47 Å². The number of carbonyl (C=O) groups excluding carboxylic acids is 2. The highest BCUT2D eigenvalue weighted by molar-refractivity contribution is 7.14. The number of nitrogens with zero attached hydrogens (tertiary/aromatic N) is 4. The Balaban J connectivity index is 1.38. The third-order valence-corrected chi connectivity index (χ3v) is 5.57. The lowest BCUT2D eigenvalue weighted by Crippen LogP contribution is -2.37. The van der Waals surface area contributed by atoms with Crippen LogP contribution in [0, 0.1) is 0 Å². The van der Waals surface area contributed by atoms with Crippen molar-refractivity contribution in [3.05, 3.63) is 48.1 Å². The topological polar surface area (TPSA) is 96.9 Å². The van der Waals surface area contributed by atoms with E-state index < -0.39 is 0 Å². The summed E-state index contributed by atoms with van der Waals surface area (Å²) in [5.74, 6) is 0.829. The maximum Gasteiger partial charge on any atom is 0.325 e. The van der Waals surface area contributed by atoms with Gasteiger partial charge in [0.05, 0.1) is 19.9 Å². The third-order valence-electron chi connectivity index (χ3n) is 4.82. The molecule has 1 fully saturated rings. The fraction of sp³-hybridized carbons (Fsp3) is 0.238. The van der Waals surface area contributed by atoms with Crippen LogP contribution in [0.25, 0.3) is 11.3 Å². The number of carbonyl (C=O) groups is 2. The minimum atomic E-state index is -0.297. The molecule has 1 aliphatic rings. The molecule has 1 saturated heterocycles. The van der Waals surface area contributed by atoms with Crippen LogP contribution in [0.4, 0.5) is 15.6 Å². The number of benzene rings is 1. The Hall–Kier alpha value is -3.66. The van der Waals surface area contributed by atoms with Crippen LogP contribution in [0.15, 0.2) is 48.1 Å². The summed E-state index contributed by atoms with van der Waals surface area (Å²) < 4.78 is 10.6. The Morgan fingerprint density at radius 1 is 1.19 bits per heavy atom. The number of aromatic nitrogens is 2. The molecule has 3 aromatic rings. The van der Waals surface area contributed by atoms with Crippen molar-refractivity contribution in [3.63, 3.8) is 0 Å². The summed E-state index contributed by atoms with van der Waals surface area (Å²) in [5.41, 5.74) is 2.30. The highest BCUT2D eigenvalue weighted by Crippen LogP contribution is 2.32. The molecule has 1 aliphatic heterocycles. The molecule has 0 bridgehead atoms. The van der Waals surface area contributed by atoms with Crippen molar-refractivity contribution in [2.75, 3.05) is 44.1 Å². The van der Waals surface area contributed by atoms with E-state index in [9.17, 15) is 9.59 Å². The van der Waals surface area contributed by atoms with Gasteiger partial charge in [-0.2, -0.15) is 0 Å². The van der Waals surface area contributed by atoms with Crippen LogP contribution in [0.5, 0.6) is 11.5 Å². The average Bonchev–Trinajstić information content (AvgIpc) is 3.41. The summed E-state index contributed by atoms with van der Waals surface area (Å²) in [7, 11) is 3.10. The number of rotatable bonds is 7. The molecular weight excluding hydrogens is 418 g/mol. The number of ether oxygens (including phenoxy) is 2. The number of thiazole rings is 1. The van der Waals surface area contributed by atoms with Crippen molar-refractivity contribution >= 4 is 34.1 Å². The van der Waals surface area contributed by atoms with Gasteiger partial charge in [0.1, 0.15) is 6.54 Å². The van der Waals surface area contributed by atoms with Gasteiger partial charge in [-0.15, -0.1) is 11.3 Å². The highest BCUT2D eigenvalue weighted by Gasteiger charge is 2.31. The smallest absolute Gasteiger partial charge is 0.325 e. The molecular formula is C21H21N5O4S. The largest absolute Gasteiger partial charge is 0.493 e. The zero-order valence-corrected chi connectivity index (χ0v) is 17.9. The van der Waals surface area contributed by atoms with Crippen molar-refractivity contribution in [2.24, 2.45) is 0 Å². The Morgan fingerprint density at radius 2 is 2.03 bits per heavy atom. The lowest BCUT2D eigenvalue weighted by molar-refractivity contribution is -0.116. The van der Waals surface area contributed by atoms with Gasteiger partial charge in [-0.1, -0.05) is 0 Å². The van der Waals surface area contributed by atoms with Crippen LogP contribution in [0.1, 0.15) is 0 Å². The second-order valence-electron chi connectivity index (χ2n) is 6.72. The SMILES string of the molecule is COc1ccc(N2CCN(CC(=O)Nc3nc(-c4cccnc4)cs3)C2=O)cc1OC. The maximum atomic E-state index is 12.8. The summed E-state index contributed by atoms with van der Waals surface area (Å²) in [4.78, 5) is 36.9. The van der Waals surface area contributed by atoms with E-state index in [1.165, 1.54) is 16.2 Å². The first-order valence-corrected chi connectivity index (χ1v) is 10.4. The van der Waals surface area contributed by atoms with Crippen LogP contribution in [0.3, 0.4) is 0 Å². The van der Waals surface area contributed by atoms with Gasteiger partial charge in [0.25, 0.3) is 0 Å². The van der Waals surface area contributed by atoms with Crippen LogP contribution in [-0.2, 0) is 4.79 Å². The van der Waals surface area contributed by atoms with E-state index in [2.05, 4.69) is 15.3 Å². The standard InChI is InChI=1S/C21H21N5O4S/c1-29-17-6-5-15(10-18(17)30-2)26-9-8-25(21(26)28)12-19(27)24-20-23-16(13-31-20)14-4-3-7-22-11-14/h3-7,10-11,13H,8-9,12H2,1-2H3,(H,23,24,27). The molecule has 9 nitrogen and oxygen atoms in total. The van der Waals surface area contributed by atoms with Crippen LogP contribution < -0.4 is 19.7 Å². The average molecular weight is 439 g/mol.